The summed E-state index contributed by atoms with van der Waals surface area (Å²) in [6, 6.07) is 0.152. The molecule has 1 aliphatic heterocycles. The second kappa shape index (κ2) is 6.94. The van der Waals surface area contributed by atoms with Gasteiger partial charge < -0.3 is 15.0 Å². The number of ether oxygens (including phenoxy) is 1. The Morgan fingerprint density at radius 2 is 1.91 bits per heavy atom. The lowest BCUT2D eigenvalue weighted by Crippen LogP contribution is -2.47. The van der Waals surface area contributed by atoms with Crippen LogP contribution >= 0.6 is 0 Å². The van der Waals surface area contributed by atoms with Crippen LogP contribution in [0.5, 0.6) is 0 Å². The Morgan fingerprint density at radius 3 is 2.45 bits per heavy atom. The molecule has 1 aromatic carbocycles. The first-order valence-corrected chi connectivity index (χ1v) is 8.00. The van der Waals surface area contributed by atoms with Gasteiger partial charge in [0, 0.05) is 19.1 Å². The summed E-state index contributed by atoms with van der Waals surface area (Å²) in [5.74, 6) is -0.265. The van der Waals surface area contributed by atoms with Crippen LogP contribution in [-0.4, -0.2) is 31.7 Å². The fraction of sp³-hybridized carbons (Fsp3) is 0.688. The van der Waals surface area contributed by atoms with E-state index in [1.807, 2.05) is 18.7 Å². The fourth-order valence-corrected chi connectivity index (χ4v) is 2.76. The Labute approximate surface area is 130 Å². The van der Waals surface area contributed by atoms with Crippen LogP contribution in [0.25, 0.3) is 0 Å². The Bertz CT molecular complexity index is 596. The van der Waals surface area contributed by atoms with Crippen molar-refractivity contribution in [2.24, 2.45) is 5.92 Å². The highest BCUT2D eigenvalue weighted by atomic mass is 16.5. The number of esters is 1. The molecule has 0 spiro atoms. The lowest BCUT2D eigenvalue weighted by molar-refractivity contribution is -0.148. The van der Waals surface area contributed by atoms with E-state index in [-0.39, 0.29) is 17.9 Å². The van der Waals surface area contributed by atoms with Gasteiger partial charge in [0.05, 0.1) is 12.5 Å². The zero-order valence-corrected chi connectivity index (χ0v) is 13.5. The molecule has 0 unspecified atom stereocenters. The van der Waals surface area contributed by atoms with Crippen LogP contribution in [0.3, 0.4) is 0 Å². The molecule has 0 aromatic heterocycles. The van der Waals surface area contributed by atoms with E-state index in [9.17, 15) is 14.4 Å². The Hall–Kier alpha value is -1.85. The molecule has 22 heavy (non-hydrogen) atoms. The van der Waals surface area contributed by atoms with Crippen LogP contribution in [0.4, 0.5) is 11.4 Å². The molecule has 1 fully saturated rings. The van der Waals surface area contributed by atoms with Crippen molar-refractivity contribution in [3.05, 3.63) is 20.4 Å². The van der Waals surface area contributed by atoms with Gasteiger partial charge in [0.1, 0.15) is 11.4 Å². The van der Waals surface area contributed by atoms with Crippen molar-refractivity contribution < 1.29 is 9.53 Å². The van der Waals surface area contributed by atoms with E-state index in [2.05, 4.69) is 5.32 Å². The number of carbonyl (C=O) groups is 1. The summed E-state index contributed by atoms with van der Waals surface area (Å²) in [6.07, 6.45) is 2.18. The van der Waals surface area contributed by atoms with Crippen molar-refractivity contribution in [2.75, 3.05) is 29.9 Å². The van der Waals surface area contributed by atoms with E-state index in [0.717, 1.165) is 6.42 Å². The lowest BCUT2D eigenvalue weighted by Gasteiger charge is -2.34. The molecule has 1 N–H and O–H groups in total. The Morgan fingerprint density at radius 1 is 1.27 bits per heavy atom. The maximum absolute atomic E-state index is 11.9. The van der Waals surface area contributed by atoms with Crippen LogP contribution in [0.1, 0.15) is 40.0 Å². The van der Waals surface area contributed by atoms with Gasteiger partial charge in [-0.05, 0) is 33.1 Å². The minimum atomic E-state index is -0.428. The number of anilines is 2. The molecular formula is C16H24N2O4. The van der Waals surface area contributed by atoms with Crippen molar-refractivity contribution in [3.63, 3.8) is 0 Å². The maximum atomic E-state index is 11.9. The van der Waals surface area contributed by atoms with Crippen LogP contribution in [0.2, 0.25) is 0 Å². The topological polar surface area (TPSA) is 75.7 Å². The van der Waals surface area contributed by atoms with E-state index >= 15 is 0 Å². The second-order valence-electron chi connectivity index (χ2n) is 5.85. The second-order valence-corrected chi connectivity index (χ2v) is 5.85. The van der Waals surface area contributed by atoms with Crippen molar-refractivity contribution in [1.82, 2.24) is 0 Å². The highest BCUT2D eigenvalue weighted by Gasteiger charge is 2.32. The molecule has 1 atom stereocenters. The lowest BCUT2D eigenvalue weighted by atomic mass is 9.95. The zero-order chi connectivity index (χ0) is 16.3. The Kier molecular flexibility index (Phi) is 5.21. The molecule has 1 aliphatic rings. The van der Waals surface area contributed by atoms with Crippen molar-refractivity contribution in [3.8, 4) is 0 Å². The van der Waals surface area contributed by atoms with Crippen LogP contribution in [0.15, 0.2) is 9.59 Å². The summed E-state index contributed by atoms with van der Waals surface area (Å²) in [7, 11) is 0. The zero-order valence-electron chi connectivity index (χ0n) is 13.5. The Balaban J connectivity index is 2.03. The number of carbonyl (C=O) groups excluding carboxylic acids is 1. The number of nitrogens with one attached hydrogen (secondary N) is 1. The first kappa shape index (κ1) is 16.5. The van der Waals surface area contributed by atoms with Crippen LogP contribution < -0.4 is 21.1 Å². The molecule has 0 saturated carbocycles. The molecule has 1 saturated heterocycles. The van der Waals surface area contributed by atoms with Crippen LogP contribution in [-0.2, 0) is 9.53 Å². The van der Waals surface area contributed by atoms with Gasteiger partial charge >= 0.3 is 5.97 Å². The quantitative estimate of drug-likeness (QED) is 0.630. The van der Waals surface area contributed by atoms with Crippen molar-refractivity contribution >= 4 is 17.3 Å². The molecule has 1 aromatic rings. The smallest absolute Gasteiger partial charge is 0.309 e. The normalized spacial score (nSPS) is 17.5. The average Bonchev–Trinajstić information content (AvgIpc) is 2.54. The average molecular weight is 308 g/mol. The van der Waals surface area contributed by atoms with Gasteiger partial charge in [-0.2, -0.15) is 0 Å². The first-order valence-electron chi connectivity index (χ1n) is 8.00. The highest BCUT2D eigenvalue weighted by Crippen LogP contribution is 2.27. The molecule has 0 radical (unpaired) electrons. The van der Waals surface area contributed by atoms with Gasteiger partial charge in [-0.15, -0.1) is 0 Å². The molecule has 6 nitrogen and oxygen atoms in total. The highest BCUT2D eigenvalue weighted by molar-refractivity contribution is 5.77. The van der Waals surface area contributed by atoms with Gasteiger partial charge in [0.15, 0.2) is 0 Å². The van der Waals surface area contributed by atoms with Gasteiger partial charge in [0.25, 0.3) is 10.9 Å². The standard InChI is InChI=1S/C16H24N2O4/c1-4-10(3)17-12-13(15(20)14(12)19)18-8-6-11(7-9-18)16(21)22-5-2/h10-11,17H,4-9H2,1-3H3/t10-/m1/s1. The molecule has 0 aliphatic carbocycles. The number of hydrogen-bond donors (Lipinski definition) is 1. The number of nitrogens with zero attached hydrogens (tertiary/aromatic N) is 1. The molecule has 0 amide bonds. The first-order chi connectivity index (χ1) is 10.5. The minimum Gasteiger partial charge on any atom is -0.466 e. The summed E-state index contributed by atoms with van der Waals surface area (Å²) < 4.78 is 5.04. The molecule has 2 rings (SSSR count). The van der Waals surface area contributed by atoms with E-state index in [1.165, 1.54) is 0 Å². The maximum Gasteiger partial charge on any atom is 0.309 e. The summed E-state index contributed by atoms with van der Waals surface area (Å²) in [6.45, 7) is 7.39. The molecular weight excluding hydrogens is 284 g/mol. The summed E-state index contributed by atoms with van der Waals surface area (Å²) >= 11 is 0. The SMILES string of the molecule is CCOC(=O)C1CCN(c2c(N[C@H](C)CC)c(=O)c2=O)CC1. The summed E-state index contributed by atoms with van der Waals surface area (Å²) in [5, 5.41) is 3.12. The number of rotatable bonds is 6. The van der Waals surface area contributed by atoms with E-state index in [4.69, 9.17) is 4.74 Å². The van der Waals surface area contributed by atoms with E-state index < -0.39 is 10.9 Å². The molecule has 1 heterocycles. The third-order valence-corrected chi connectivity index (χ3v) is 4.32. The fourth-order valence-electron chi connectivity index (χ4n) is 2.76. The van der Waals surface area contributed by atoms with Gasteiger partial charge in [-0.1, -0.05) is 6.92 Å². The van der Waals surface area contributed by atoms with E-state index in [1.54, 1.807) is 6.92 Å². The molecule has 122 valence electrons. The largest absolute Gasteiger partial charge is 0.466 e. The van der Waals surface area contributed by atoms with Gasteiger partial charge in [-0.25, -0.2) is 0 Å². The van der Waals surface area contributed by atoms with E-state index in [0.29, 0.717) is 43.9 Å². The predicted octanol–water partition coefficient (Wildman–Crippen LogP) is 1.27. The third-order valence-electron chi connectivity index (χ3n) is 4.32. The molecule has 6 heteroatoms. The minimum absolute atomic E-state index is 0.103. The monoisotopic (exact) mass is 308 g/mol. The van der Waals surface area contributed by atoms with Crippen molar-refractivity contribution in [1.29, 1.82) is 0 Å². The summed E-state index contributed by atoms with van der Waals surface area (Å²) in [4.78, 5) is 37.3. The van der Waals surface area contributed by atoms with Crippen LogP contribution in [0, 0.1) is 5.92 Å². The van der Waals surface area contributed by atoms with Crippen molar-refractivity contribution in [2.45, 2.75) is 46.1 Å². The van der Waals surface area contributed by atoms with Gasteiger partial charge in [0.2, 0.25) is 0 Å². The summed E-state index contributed by atoms with van der Waals surface area (Å²) in [5.41, 5.74) is 0.0877. The third kappa shape index (κ3) is 3.15. The van der Waals surface area contributed by atoms with Gasteiger partial charge in [-0.3, -0.25) is 14.4 Å². The number of piperidine rings is 1. The number of hydrogen-bond acceptors (Lipinski definition) is 6. The predicted molar refractivity (Wildman–Crippen MR) is 86.3 cm³/mol. The molecule has 0 bridgehead atoms.